The molecule has 0 heterocycles. The maximum atomic E-state index is 13.2. The number of benzene rings is 2. The monoisotopic (exact) mass is 341 g/mol. The molecule has 0 fully saturated rings. The molecule has 0 aromatic heterocycles. The van der Waals surface area contributed by atoms with Crippen LogP contribution in [0.2, 0.25) is 5.02 Å². The fourth-order valence-electron chi connectivity index (χ4n) is 1.92. The van der Waals surface area contributed by atoms with Gasteiger partial charge in [0.1, 0.15) is 5.82 Å². The van der Waals surface area contributed by atoms with Crippen LogP contribution < -0.4 is 5.32 Å². The number of nitrogens with one attached hydrogen (secondary N) is 1. The Hall–Kier alpha value is -0.900. The predicted octanol–water partition coefficient (Wildman–Crippen LogP) is 5.09. The van der Waals surface area contributed by atoms with Gasteiger partial charge in [-0.2, -0.15) is 0 Å². The first-order chi connectivity index (χ1) is 9.06. The van der Waals surface area contributed by atoms with Crippen molar-refractivity contribution >= 4 is 27.5 Å². The van der Waals surface area contributed by atoms with Crippen molar-refractivity contribution in [3.8, 4) is 0 Å². The lowest BCUT2D eigenvalue weighted by Gasteiger charge is -2.16. The third-order valence-electron chi connectivity index (χ3n) is 2.91. The van der Waals surface area contributed by atoms with Crippen molar-refractivity contribution in [1.82, 2.24) is 5.32 Å². The van der Waals surface area contributed by atoms with Gasteiger partial charge in [0.05, 0.1) is 0 Å². The summed E-state index contributed by atoms with van der Waals surface area (Å²) in [6.45, 7) is 2.64. The largest absolute Gasteiger partial charge is 0.306 e. The summed E-state index contributed by atoms with van der Waals surface area (Å²) in [4.78, 5) is 0. The van der Waals surface area contributed by atoms with E-state index in [1.807, 2.05) is 18.2 Å². The maximum absolute atomic E-state index is 13.2. The zero-order valence-electron chi connectivity index (χ0n) is 10.5. The normalized spacial score (nSPS) is 12.4. The molecule has 0 spiro atoms. The van der Waals surface area contributed by atoms with Gasteiger partial charge in [0.15, 0.2) is 0 Å². The first kappa shape index (κ1) is 14.5. The zero-order valence-corrected chi connectivity index (χ0v) is 12.8. The van der Waals surface area contributed by atoms with Gasteiger partial charge in [0.2, 0.25) is 0 Å². The average molecular weight is 343 g/mol. The topological polar surface area (TPSA) is 12.0 Å². The number of hydrogen-bond donors (Lipinski definition) is 1. The molecule has 1 atom stereocenters. The van der Waals surface area contributed by atoms with Crippen molar-refractivity contribution in [2.45, 2.75) is 19.5 Å². The van der Waals surface area contributed by atoms with Crippen LogP contribution in [0.3, 0.4) is 0 Å². The summed E-state index contributed by atoms with van der Waals surface area (Å²) >= 11 is 9.36. The van der Waals surface area contributed by atoms with Crippen molar-refractivity contribution < 1.29 is 4.39 Å². The van der Waals surface area contributed by atoms with Crippen LogP contribution in [-0.2, 0) is 6.54 Å². The fourth-order valence-corrected chi connectivity index (χ4v) is 2.79. The fraction of sp³-hybridized carbons (Fsp3) is 0.200. The third-order valence-corrected chi connectivity index (χ3v) is 3.85. The second kappa shape index (κ2) is 6.51. The molecule has 2 rings (SSSR count). The molecule has 0 saturated heterocycles. The van der Waals surface area contributed by atoms with Crippen LogP contribution in [0, 0.1) is 5.82 Å². The summed E-state index contributed by atoms with van der Waals surface area (Å²) in [7, 11) is 0. The Bertz CT molecular complexity index is 554. The molecule has 2 aromatic carbocycles. The molecule has 1 N–H and O–H groups in total. The van der Waals surface area contributed by atoms with Crippen molar-refractivity contribution in [3.63, 3.8) is 0 Å². The first-order valence-electron chi connectivity index (χ1n) is 5.99. The highest BCUT2D eigenvalue weighted by Gasteiger charge is 2.08. The lowest BCUT2D eigenvalue weighted by atomic mass is 10.1. The third kappa shape index (κ3) is 4.03. The minimum Gasteiger partial charge on any atom is -0.306 e. The summed E-state index contributed by atoms with van der Waals surface area (Å²) in [5.41, 5.74) is 2.01. The van der Waals surface area contributed by atoms with E-state index in [0.29, 0.717) is 11.6 Å². The molecular weight excluding hydrogens is 329 g/mol. The molecule has 100 valence electrons. The molecule has 19 heavy (non-hydrogen) atoms. The van der Waals surface area contributed by atoms with Gasteiger partial charge in [-0.1, -0.05) is 45.7 Å². The van der Waals surface area contributed by atoms with Gasteiger partial charge in [-0.05, 0) is 42.3 Å². The summed E-state index contributed by atoms with van der Waals surface area (Å²) in [6, 6.07) is 12.8. The minimum atomic E-state index is -0.308. The van der Waals surface area contributed by atoms with Crippen LogP contribution in [0.15, 0.2) is 46.9 Å². The highest BCUT2D eigenvalue weighted by atomic mass is 79.9. The van der Waals surface area contributed by atoms with Gasteiger partial charge in [0.25, 0.3) is 0 Å². The van der Waals surface area contributed by atoms with E-state index < -0.39 is 0 Å². The molecule has 0 radical (unpaired) electrons. The Balaban J connectivity index is 2.04. The Morgan fingerprint density at radius 3 is 2.68 bits per heavy atom. The van der Waals surface area contributed by atoms with E-state index in [1.165, 1.54) is 17.7 Å². The summed E-state index contributed by atoms with van der Waals surface area (Å²) in [5, 5.41) is 3.78. The van der Waals surface area contributed by atoms with Gasteiger partial charge in [-0.15, -0.1) is 0 Å². The van der Waals surface area contributed by atoms with Crippen LogP contribution in [0.4, 0.5) is 4.39 Å². The van der Waals surface area contributed by atoms with E-state index >= 15 is 0 Å². The smallest absolute Gasteiger partial charge is 0.125 e. The minimum absolute atomic E-state index is 0.164. The van der Waals surface area contributed by atoms with Gasteiger partial charge < -0.3 is 5.32 Å². The number of hydrogen-bond acceptors (Lipinski definition) is 1. The van der Waals surface area contributed by atoms with E-state index in [0.717, 1.165) is 10.0 Å². The van der Waals surface area contributed by atoms with Crippen LogP contribution >= 0.6 is 27.5 Å². The lowest BCUT2D eigenvalue weighted by Crippen LogP contribution is -2.18. The Kier molecular flexibility index (Phi) is 4.97. The molecule has 0 amide bonds. The molecule has 0 aliphatic heterocycles. The molecule has 0 aliphatic carbocycles. The molecule has 2 aromatic rings. The SMILES string of the molecule is C[C@H](NCc1cc(F)cc(Cl)c1)c1ccccc1Br. The molecule has 0 saturated carbocycles. The number of halogens is 3. The number of rotatable bonds is 4. The van der Waals surface area contributed by atoms with Gasteiger partial charge in [-0.3, -0.25) is 0 Å². The molecule has 0 unspecified atom stereocenters. The van der Waals surface area contributed by atoms with Crippen molar-refractivity contribution in [1.29, 1.82) is 0 Å². The molecule has 4 heteroatoms. The second-order valence-corrected chi connectivity index (χ2v) is 5.69. The standard InChI is InChI=1S/C15H14BrClFN/c1-10(14-4-2-3-5-15(14)16)19-9-11-6-12(17)8-13(18)7-11/h2-8,10,19H,9H2,1H3/t10-/m0/s1. The zero-order chi connectivity index (χ0) is 13.8. The summed E-state index contributed by atoms with van der Waals surface area (Å²) in [6.07, 6.45) is 0. The van der Waals surface area contributed by atoms with Gasteiger partial charge in [-0.25, -0.2) is 4.39 Å². The average Bonchev–Trinajstić information content (AvgIpc) is 2.35. The van der Waals surface area contributed by atoms with Crippen LogP contribution in [-0.4, -0.2) is 0 Å². The van der Waals surface area contributed by atoms with Crippen LogP contribution in [0.1, 0.15) is 24.1 Å². The highest BCUT2D eigenvalue weighted by molar-refractivity contribution is 9.10. The quantitative estimate of drug-likeness (QED) is 0.816. The van der Waals surface area contributed by atoms with E-state index in [2.05, 4.69) is 34.2 Å². The Morgan fingerprint density at radius 1 is 1.26 bits per heavy atom. The van der Waals surface area contributed by atoms with Crippen LogP contribution in [0.25, 0.3) is 0 Å². The lowest BCUT2D eigenvalue weighted by molar-refractivity contribution is 0.567. The van der Waals surface area contributed by atoms with E-state index in [4.69, 9.17) is 11.6 Å². The molecule has 0 aliphatic rings. The molecule has 0 bridgehead atoms. The van der Waals surface area contributed by atoms with Crippen LogP contribution in [0.5, 0.6) is 0 Å². The van der Waals surface area contributed by atoms with Gasteiger partial charge >= 0.3 is 0 Å². The van der Waals surface area contributed by atoms with Crippen molar-refractivity contribution in [2.24, 2.45) is 0 Å². The maximum Gasteiger partial charge on any atom is 0.125 e. The Labute approximate surface area is 125 Å². The van der Waals surface area contributed by atoms with E-state index in [-0.39, 0.29) is 11.9 Å². The second-order valence-electron chi connectivity index (χ2n) is 4.40. The predicted molar refractivity (Wildman–Crippen MR) is 80.8 cm³/mol. The van der Waals surface area contributed by atoms with E-state index in [9.17, 15) is 4.39 Å². The van der Waals surface area contributed by atoms with Crippen molar-refractivity contribution in [3.05, 3.63) is 68.9 Å². The summed E-state index contributed by atoms with van der Waals surface area (Å²) < 4.78 is 14.3. The summed E-state index contributed by atoms with van der Waals surface area (Å²) in [5.74, 6) is -0.308. The Morgan fingerprint density at radius 2 is 2.00 bits per heavy atom. The molecular formula is C15H14BrClFN. The van der Waals surface area contributed by atoms with Crippen molar-refractivity contribution in [2.75, 3.05) is 0 Å². The first-order valence-corrected chi connectivity index (χ1v) is 7.16. The molecule has 1 nitrogen and oxygen atoms in total. The highest BCUT2D eigenvalue weighted by Crippen LogP contribution is 2.23. The van der Waals surface area contributed by atoms with E-state index in [1.54, 1.807) is 6.07 Å². The van der Waals surface area contributed by atoms with Gasteiger partial charge in [0, 0.05) is 22.1 Å².